The zero-order chi connectivity index (χ0) is 23.8. The van der Waals surface area contributed by atoms with E-state index in [4.69, 9.17) is 10.2 Å². The number of rotatable bonds is 11. The van der Waals surface area contributed by atoms with Crippen LogP contribution in [0.2, 0.25) is 18.1 Å². The van der Waals surface area contributed by atoms with E-state index in [2.05, 4.69) is 52.2 Å². The quantitative estimate of drug-likeness (QED) is 0.505. The zero-order valence-electron chi connectivity index (χ0n) is 20.1. The predicted octanol–water partition coefficient (Wildman–Crippen LogP) is 3.16. The second-order valence-corrected chi connectivity index (χ2v) is 14.2. The van der Waals surface area contributed by atoms with Gasteiger partial charge in [0.05, 0.1) is 19.7 Å². The second kappa shape index (κ2) is 11.5. The summed E-state index contributed by atoms with van der Waals surface area (Å²) in [5.74, 6) is -0.738. The summed E-state index contributed by atoms with van der Waals surface area (Å²) in [6.45, 7) is 13.4. The van der Waals surface area contributed by atoms with E-state index in [0.717, 1.165) is 23.2 Å². The van der Waals surface area contributed by atoms with Crippen molar-refractivity contribution in [2.24, 2.45) is 5.73 Å². The zero-order valence-corrected chi connectivity index (χ0v) is 21.1. The Labute approximate surface area is 187 Å². The number of carbonyl (C=O) groups is 3. The molecule has 0 aliphatic rings. The standard InChI is InChI=1S/C23H39N3O4Si/c1-8-17-11-18(16-30-31(6,7)23(2,3)4)13-19(12-17)26(5)22(29)10-9-20(27)15-25-21(28)14-24/h11-13H,8-10,14-16,24H2,1-7H3,(H,25,28). The van der Waals surface area contributed by atoms with Crippen molar-refractivity contribution in [3.05, 3.63) is 29.3 Å². The van der Waals surface area contributed by atoms with Gasteiger partial charge in [0.1, 0.15) is 0 Å². The van der Waals surface area contributed by atoms with Crippen molar-refractivity contribution < 1.29 is 18.8 Å². The van der Waals surface area contributed by atoms with Crippen LogP contribution in [-0.4, -0.2) is 46.1 Å². The fourth-order valence-electron chi connectivity index (χ4n) is 2.62. The molecule has 3 N–H and O–H groups in total. The van der Waals surface area contributed by atoms with Crippen molar-refractivity contribution >= 4 is 31.6 Å². The Hall–Kier alpha value is -2.03. The fourth-order valence-corrected chi connectivity index (χ4v) is 3.58. The van der Waals surface area contributed by atoms with Crippen LogP contribution >= 0.6 is 0 Å². The Balaban J connectivity index is 2.81. The third-order valence-electron chi connectivity index (χ3n) is 5.90. The molecule has 0 heterocycles. The van der Waals surface area contributed by atoms with Gasteiger partial charge in [0.2, 0.25) is 11.8 Å². The van der Waals surface area contributed by atoms with Gasteiger partial charge in [-0.1, -0.05) is 33.8 Å². The SMILES string of the molecule is CCc1cc(CO[Si](C)(C)C(C)(C)C)cc(N(C)C(=O)CCC(=O)CNC(=O)CN)c1. The lowest BCUT2D eigenvalue weighted by atomic mass is 10.1. The molecule has 0 saturated heterocycles. The molecule has 0 aromatic heterocycles. The summed E-state index contributed by atoms with van der Waals surface area (Å²) in [4.78, 5) is 37.3. The summed E-state index contributed by atoms with van der Waals surface area (Å²) in [5.41, 5.74) is 8.16. The molecule has 1 aromatic rings. The van der Waals surface area contributed by atoms with Gasteiger partial charge in [0.25, 0.3) is 0 Å². The highest BCUT2D eigenvalue weighted by Crippen LogP contribution is 2.37. The molecule has 0 aliphatic carbocycles. The average Bonchev–Trinajstić information content (AvgIpc) is 2.72. The van der Waals surface area contributed by atoms with Crippen molar-refractivity contribution in [3.8, 4) is 0 Å². The summed E-state index contributed by atoms with van der Waals surface area (Å²) in [7, 11) is -0.163. The van der Waals surface area contributed by atoms with Crippen LogP contribution in [0.1, 0.15) is 51.7 Å². The normalized spacial score (nSPS) is 11.9. The van der Waals surface area contributed by atoms with Gasteiger partial charge in [-0.3, -0.25) is 14.4 Å². The summed E-state index contributed by atoms with van der Waals surface area (Å²) in [6, 6.07) is 6.10. The van der Waals surface area contributed by atoms with E-state index in [1.165, 1.54) is 0 Å². The highest BCUT2D eigenvalue weighted by atomic mass is 28.4. The van der Waals surface area contributed by atoms with Crippen molar-refractivity contribution in [1.29, 1.82) is 0 Å². The van der Waals surface area contributed by atoms with E-state index in [1.807, 2.05) is 12.1 Å². The summed E-state index contributed by atoms with van der Waals surface area (Å²) >= 11 is 0. The molecule has 0 spiro atoms. The van der Waals surface area contributed by atoms with Crippen molar-refractivity contribution in [3.63, 3.8) is 0 Å². The molecule has 0 fully saturated rings. The number of hydrogen-bond donors (Lipinski definition) is 2. The molecule has 174 valence electrons. The van der Waals surface area contributed by atoms with E-state index >= 15 is 0 Å². The number of nitrogens with two attached hydrogens (primary N) is 1. The maximum atomic E-state index is 12.6. The van der Waals surface area contributed by atoms with Gasteiger partial charge in [0, 0.05) is 25.6 Å². The van der Waals surface area contributed by atoms with Gasteiger partial charge < -0.3 is 20.4 Å². The molecule has 0 unspecified atom stereocenters. The number of Topliss-reactive ketones (excluding diaryl/α,β-unsaturated/α-hetero) is 1. The Morgan fingerprint density at radius 3 is 2.26 bits per heavy atom. The Morgan fingerprint density at radius 1 is 1.10 bits per heavy atom. The maximum Gasteiger partial charge on any atom is 0.234 e. The number of nitrogens with one attached hydrogen (secondary N) is 1. The van der Waals surface area contributed by atoms with Gasteiger partial charge in [-0.25, -0.2) is 0 Å². The number of carbonyl (C=O) groups excluding carboxylic acids is 3. The molecular weight excluding hydrogens is 410 g/mol. The molecular formula is C23H39N3O4Si. The van der Waals surface area contributed by atoms with E-state index in [-0.39, 0.29) is 48.6 Å². The Bertz CT molecular complexity index is 788. The summed E-state index contributed by atoms with van der Waals surface area (Å²) in [6.07, 6.45) is 1.01. The minimum Gasteiger partial charge on any atom is -0.413 e. The molecule has 0 bridgehead atoms. The van der Waals surface area contributed by atoms with E-state index in [9.17, 15) is 14.4 Å². The minimum atomic E-state index is -1.88. The number of amides is 2. The molecule has 0 atom stereocenters. The molecule has 8 heteroatoms. The molecule has 0 radical (unpaired) electrons. The highest BCUT2D eigenvalue weighted by Gasteiger charge is 2.37. The van der Waals surface area contributed by atoms with Crippen LogP contribution in [0.25, 0.3) is 0 Å². The first-order valence-corrected chi connectivity index (χ1v) is 13.7. The molecule has 1 aromatic carbocycles. The first kappa shape index (κ1) is 27.0. The number of nitrogens with zero attached hydrogens (tertiary/aromatic N) is 1. The second-order valence-electron chi connectivity index (χ2n) is 9.38. The topological polar surface area (TPSA) is 102 Å². The van der Waals surface area contributed by atoms with Gasteiger partial charge in [-0.15, -0.1) is 0 Å². The monoisotopic (exact) mass is 449 g/mol. The number of anilines is 1. The molecule has 0 saturated carbocycles. The van der Waals surface area contributed by atoms with E-state index in [0.29, 0.717) is 6.61 Å². The van der Waals surface area contributed by atoms with E-state index < -0.39 is 8.32 Å². The Kier molecular flexibility index (Phi) is 10.1. The van der Waals surface area contributed by atoms with Crippen molar-refractivity contribution in [2.45, 2.75) is 71.7 Å². The number of aryl methyl sites for hydroxylation is 1. The lowest BCUT2D eigenvalue weighted by molar-refractivity contribution is -0.125. The van der Waals surface area contributed by atoms with Crippen molar-refractivity contribution in [1.82, 2.24) is 5.32 Å². The van der Waals surface area contributed by atoms with Crippen LogP contribution in [0, 0.1) is 0 Å². The largest absolute Gasteiger partial charge is 0.413 e. The molecule has 7 nitrogen and oxygen atoms in total. The molecule has 1 rings (SSSR count). The summed E-state index contributed by atoms with van der Waals surface area (Å²) in [5, 5.41) is 2.55. The van der Waals surface area contributed by atoms with Crippen LogP contribution in [0.15, 0.2) is 18.2 Å². The van der Waals surface area contributed by atoms with Crippen LogP contribution in [0.4, 0.5) is 5.69 Å². The van der Waals surface area contributed by atoms with Gasteiger partial charge in [0.15, 0.2) is 14.1 Å². The molecule has 31 heavy (non-hydrogen) atoms. The van der Waals surface area contributed by atoms with Crippen molar-refractivity contribution in [2.75, 3.05) is 25.0 Å². The molecule has 0 aliphatic heterocycles. The van der Waals surface area contributed by atoms with Crippen LogP contribution in [0.3, 0.4) is 0 Å². The minimum absolute atomic E-state index is 0.0723. The Morgan fingerprint density at radius 2 is 1.71 bits per heavy atom. The molecule has 2 amide bonds. The first-order valence-electron chi connectivity index (χ1n) is 10.8. The highest BCUT2D eigenvalue weighted by molar-refractivity contribution is 6.74. The number of benzene rings is 1. The van der Waals surface area contributed by atoms with Crippen LogP contribution in [-0.2, 0) is 31.8 Å². The van der Waals surface area contributed by atoms with Gasteiger partial charge in [-0.05, 0) is 47.8 Å². The fraction of sp³-hybridized carbons (Fsp3) is 0.609. The average molecular weight is 450 g/mol. The summed E-state index contributed by atoms with van der Waals surface area (Å²) < 4.78 is 6.36. The van der Waals surface area contributed by atoms with Crippen LogP contribution < -0.4 is 16.0 Å². The smallest absolute Gasteiger partial charge is 0.234 e. The third kappa shape index (κ3) is 8.55. The first-order chi connectivity index (χ1) is 14.3. The van der Waals surface area contributed by atoms with E-state index in [1.54, 1.807) is 11.9 Å². The maximum absolute atomic E-state index is 12.6. The number of hydrogen-bond acceptors (Lipinski definition) is 5. The van der Waals surface area contributed by atoms with Gasteiger partial charge >= 0.3 is 0 Å². The number of ketones is 1. The predicted molar refractivity (Wildman–Crippen MR) is 128 cm³/mol. The lowest BCUT2D eigenvalue weighted by Gasteiger charge is -2.36. The van der Waals surface area contributed by atoms with Gasteiger partial charge in [-0.2, -0.15) is 0 Å². The lowest BCUT2D eigenvalue weighted by Crippen LogP contribution is -2.40. The van der Waals surface area contributed by atoms with Crippen LogP contribution in [0.5, 0.6) is 0 Å². The third-order valence-corrected chi connectivity index (χ3v) is 10.4.